The minimum atomic E-state index is -4.85. The smallest absolute Gasteiger partial charge is 0.497 e. The molecule has 0 aliphatic heterocycles. The van der Waals surface area contributed by atoms with Crippen molar-refractivity contribution in [3.8, 4) is 11.5 Å². The van der Waals surface area contributed by atoms with Crippen LogP contribution in [-0.2, 0) is 14.8 Å². The summed E-state index contributed by atoms with van der Waals surface area (Å²) in [4.78, 5) is -0.197. The Morgan fingerprint density at radius 1 is 1.04 bits per heavy atom. The summed E-state index contributed by atoms with van der Waals surface area (Å²) in [5.74, 6) is 0.0882. The molecule has 0 aliphatic rings. The van der Waals surface area contributed by atoms with E-state index in [0.717, 1.165) is 24.3 Å². The van der Waals surface area contributed by atoms with Crippen molar-refractivity contribution in [1.82, 2.24) is 4.72 Å². The molecule has 0 fully saturated rings. The van der Waals surface area contributed by atoms with E-state index in [9.17, 15) is 21.6 Å². The molecule has 2 rings (SSSR count). The summed E-state index contributed by atoms with van der Waals surface area (Å²) in [6, 6.07) is 10.9. The molecule has 1 atom stereocenters. The van der Waals surface area contributed by atoms with E-state index in [2.05, 4.69) is 9.46 Å². The van der Waals surface area contributed by atoms with Crippen LogP contribution in [-0.4, -0.2) is 35.5 Å². The van der Waals surface area contributed by atoms with Crippen LogP contribution in [0.5, 0.6) is 11.5 Å². The topological polar surface area (TPSA) is 73.9 Å². The highest BCUT2D eigenvalue weighted by Gasteiger charge is 2.31. The molecule has 0 bridgehead atoms. The lowest BCUT2D eigenvalue weighted by atomic mass is 10.1. The first-order chi connectivity index (χ1) is 12.6. The number of nitrogens with one attached hydrogen (secondary N) is 1. The number of ether oxygens (including phenoxy) is 3. The van der Waals surface area contributed by atoms with Gasteiger partial charge >= 0.3 is 6.36 Å². The molecule has 0 saturated heterocycles. The van der Waals surface area contributed by atoms with Crippen molar-refractivity contribution in [1.29, 1.82) is 0 Å². The molecule has 1 N–H and O–H groups in total. The van der Waals surface area contributed by atoms with Gasteiger partial charge in [0.25, 0.3) is 0 Å². The monoisotopic (exact) mass is 405 g/mol. The van der Waals surface area contributed by atoms with E-state index in [1.54, 1.807) is 24.3 Å². The Balaban J connectivity index is 2.08. The highest BCUT2D eigenvalue weighted by atomic mass is 32.2. The Kier molecular flexibility index (Phi) is 6.68. The van der Waals surface area contributed by atoms with Gasteiger partial charge in [0.2, 0.25) is 10.0 Å². The summed E-state index contributed by atoms with van der Waals surface area (Å²) >= 11 is 0. The van der Waals surface area contributed by atoms with Gasteiger partial charge in [0, 0.05) is 13.7 Å². The minimum Gasteiger partial charge on any atom is -0.497 e. The van der Waals surface area contributed by atoms with Gasteiger partial charge in [0.1, 0.15) is 11.5 Å². The van der Waals surface area contributed by atoms with Crippen LogP contribution in [0.3, 0.4) is 0 Å². The van der Waals surface area contributed by atoms with Gasteiger partial charge in [-0.1, -0.05) is 12.1 Å². The fourth-order valence-corrected chi connectivity index (χ4v) is 3.30. The number of rotatable bonds is 8. The van der Waals surface area contributed by atoms with Gasteiger partial charge in [-0.2, -0.15) is 0 Å². The Labute approximate surface area is 154 Å². The second-order valence-corrected chi connectivity index (χ2v) is 7.14. The predicted octanol–water partition coefficient (Wildman–Crippen LogP) is 3.26. The third kappa shape index (κ3) is 6.12. The van der Waals surface area contributed by atoms with E-state index in [1.165, 1.54) is 14.2 Å². The van der Waals surface area contributed by atoms with Crippen molar-refractivity contribution in [2.75, 3.05) is 20.8 Å². The lowest BCUT2D eigenvalue weighted by Gasteiger charge is -2.17. The van der Waals surface area contributed by atoms with Crippen LogP contribution in [0.1, 0.15) is 11.7 Å². The number of methoxy groups -OCH3 is 2. The lowest BCUT2D eigenvalue weighted by molar-refractivity contribution is -0.274. The minimum absolute atomic E-state index is 0.0766. The van der Waals surface area contributed by atoms with Crippen LogP contribution in [0, 0.1) is 0 Å². The fourth-order valence-electron chi connectivity index (χ4n) is 2.27. The standard InChI is InChI=1S/C17H18F3NO5S/c1-24-14-5-3-4-12(10-14)16(25-2)11-21-27(22,23)15-8-6-13(7-9-15)26-17(18,19)20/h3-10,16,21H,11H2,1-2H3/t16-/m0/s1. The highest BCUT2D eigenvalue weighted by molar-refractivity contribution is 7.89. The van der Waals surface area contributed by atoms with Crippen LogP contribution in [0.4, 0.5) is 13.2 Å². The quantitative estimate of drug-likeness (QED) is 0.730. The average Bonchev–Trinajstić information content (AvgIpc) is 2.61. The molecule has 0 spiro atoms. The molecule has 2 aromatic carbocycles. The van der Waals surface area contributed by atoms with Gasteiger partial charge in [0.15, 0.2) is 0 Å². The van der Waals surface area contributed by atoms with E-state index < -0.39 is 28.2 Å². The second kappa shape index (κ2) is 8.59. The third-order valence-electron chi connectivity index (χ3n) is 3.58. The Morgan fingerprint density at radius 3 is 2.26 bits per heavy atom. The molecular formula is C17H18F3NO5S. The number of benzene rings is 2. The molecule has 2 aromatic rings. The first-order valence-corrected chi connectivity index (χ1v) is 9.15. The number of sulfonamides is 1. The molecule has 148 valence electrons. The van der Waals surface area contributed by atoms with Gasteiger partial charge < -0.3 is 14.2 Å². The molecule has 0 heterocycles. The van der Waals surface area contributed by atoms with Crippen molar-refractivity contribution in [2.24, 2.45) is 0 Å². The molecule has 6 nitrogen and oxygen atoms in total. The van der Waals surface area contributed by atoms with Crippen molar-refractivity contribution in [2.45, 2.75) is 17.4 Å². The molecule has 27 heavy (non-hydrogen) atoms. The Bertz CT molecular complexity index is 854. The fraction of sp³-hybridized carbons (Fsp3) is 0.294. The zero-order valence-electron chi connectivity index (χ0n) is 14.5. The lowest BCUT2D eigenvalue weighted by Crippen LogP contribution is -2.29. The second-order valence-electron chi connectivity index (χ2n) is 5.37. The molecule has 0 radical (unpaired) electrons. The van der Waals surface area contributed by atoms with Crippen molar-refractivity contribution in [3.63, 3.8) is 0 Å². The third-order valence-corrected chi connectivity index (χ3v) is 5.02. The van der Waals surface area contributed by atoms with Crippen molar-refractivity contribution in [3.05, 3.63) is 54.1 Å². The van der Waals surface area contributed by atoms with Crippen molar-refractivity contribution >= 4 is 10.0 Å². The van der Waals surface area contributed by atoms with Gasteiger partial charge in [-0.3, -0.25) is 0 Å². The van der Waals surface area contributed by atoms with E-state index in [4.69, 9.17) is 9.47 Å². The van der Waals surface area contributed by atoms with Crippen LogP contribution >= 0.6 is 0 Å². The molecular weight excluding hydrogens is 387 g/mol. The molecule has 0 saturated carbocycles. The first kappa shape index (κ1) is 21.0. The maximum atomic E-state index is 12.3. The number of alkyl halides is 3. The molecule has 0 unspecified atom stereocenters. The van der Waals surface area contributed by atoms with Crippen LogP contribution in [0.2, 0.25) is 0 Å². The Hall–Kier alpha value is -2.30. The normalized spacial score (nSPS) is 13.2. The van der Waals surface area contributed by atoms with Gasteiger partial charge in [-0.05, 0) is 42.0 Å². The number of halogens is 3. The summed E-state index contributed by atoms with van der Waals surface area (Å²) < 4.78 is 77.7. The van der Waals surface area contributed by atoms with Crippen LogP contribution in [0.25, 0.3) is 0 Å². The van der Waals surface area contributed by atoms with E-state index >= 15 is 0 Å². The number of hydrogen-bond acceptors (Lipinski definition) is 5. The maximum absolute atomic E-state index is 12.3. The molecule has 0 aromatic heterocycles. The van der Waals surface area contributed by atoms with Gasteiger partial charge in [-0.25, -0.2) is 13.1 Å². The van der Waals surface area contributed by atoms with E-state index in [1.807, 2.05) is 0 Å². The predicted molar refractivity (Wildman–Crippen MR) is 91.1 cm³/mol. The van der Waals surface area contributed by atoms with E-state index in [-0.39, 0.29) is 11.4 Å². The SMILES string of the molecule is COc1cccc([C@H](CNS(=O)(=O)c2ccc(OC(F)(F)F)cc2)OC)c1. The summed E-state index contributed by atoms with van der Waals surface area (Å²) in [7, 11) is -1.01. The molecule has 0 aliphatic carbocycles. The van der Waals surface area contributed by atoms with Gasteiger partial charge in [0.05, 0.1) is 18.1 Å². The van der Waals surface area contributed by atoms with Gasteiger partial charge in [-0.15, -0.1) is 13.2 Å². The largest absolute Gasteiger partial charge is 0.573 e. The average molecular weight is 405 g/mol. The Morgan fingerprint density at radius 2 is 1.70 bits per heavy atom. The van der Waals surface area contributed by atoms with Crippen LogP contribution in [0.15, 0.2) is 53.4 Å². The molecule has 0 amide bonds. The highest BCUT2D eigenvalue weighted by Crippen LogP contribution is 2.25. The maximum Gasteiger partial charge on any atom is 0.573 e. The van der Waals surface area contributed by atoms with E-state index in [0.29, 0.717) is 11.3 Å². The summed E-state index contributed by atoms with van der Waals surface area (Å²) in [6.45, 7) is -0.0766. The number of hydrogen-bond donors (Lipinski definition) is 1. The molecule has 10 heteroatoms. The first-order valence-electron chi connectivity index (χ1n) is 7.67. The van der Waals surface area contributed by atoms with Crippen molar-refractivity contribution < 1.29 is 35.8 Å². The zero-order valence-corrected chi connectivity index (χ0v) is 15.3. The van der Waals surface area contributed by atoms with Crippen LogP contribution < -0.4 is 14.2 Å². The summed E-state index contributed by atoms with van der Waals surface area (Å²) in [6.07, 6.45) is -5.43. The zero-order chi connectivity index (χ0) is 20.1. The summed E-state index contributed by atoms with van der Waals surface area (Å²) in [5, 5.41) is 0. The summed E-state index contributed by atoms with van der Waals surface area (Å²) in [5.41, 5.74) is 0.702.